The van der Waals surface area contributed by atoms with Crippen LogP contribution < -0.4 is 4.74 Å². The fraction of sp³-hybridized carbons (Fsp3) is 0. The highest BCUT2D eigenvalue weighted by Gasteiger charge is 2.05. The molecule has 0 aliphatic rings. The summed E-state index contributed by atoms with van der Waals surface area (Å²) in [5, 5.41) is 0. The van der Waals surface area contributed by atoms with Gasteiger partial charge in [-0.05, 0) is 24.3 Å². The molecule has 2 rings (SSSR count). The van der Waals surface area contributed by atoms with Crippen LogP contribution in [0.4, 0.5) is 4.39 Å². The summed E-state index contributed by atoms with van der Waals surface area (Å²) in [5.74, 6) is 0.116. The molecule has 0 aliphatic carbocycles. The number of rotatable bonds is 2. The van der Waals surface area contributed by atoms with Crippen LogP contribution in [0.15, 0.2) is 47.1 Å². The van der Waals surface area contributed by atoms with Gasteiger partial charge in [0.05, 0.1) is 0 Å². The van der Waals surface area contributed by atoms with Crippen LogP contribution in [0.5, 0.6) is 11.6 Å². The van der Waals surface area contributed by atoms with Gasteiger partial charge in [0, 0.05) is 16.7 Å². The van der Waals surface area contributed by atoms with E-state index in [0.717, 1.165) is 0 Å². The lowest BCUT2D eigenvalue weighted by Crippen LogP contribution is -1.89. The number of benzene rings is 1. The highest BCUT2D eigenvalue weighted by Crippen LogP contribution is 2.25. The third kappa shape index (κ3) is 2.53. The van der Waals surface area contributed by atoms with E-state index in [4.69, 9.17) is 4.74 Å². The van der Waals surface area contributed by atoms with Crippen LogP contribution in [0, 0.1) is 5.82 Å². The Morgan fingerprint density at radius 1 is 1.20 bits per heavy atom. The van der Waals surface area contributed by atoms with Crippen molar-refractivity contribution in [2.45, 2.75) is 0 Å². The van der Waals surface area contributed by atoms with Crippen molar-refractivity contribution < 1.29 is 9.13 Å². The summed E-state index contributed by atoms with van der Waals surface area (Å²) in [6.07, 6.45) is 1.59. The zero-order valence-electron chi connectivity index (χ0n) is 7.65. The Morgan fingerprint density at radius 3 is 2.73 bits per heavy atom. The van der Waals surface area contributed by atoms with E-state index in [9.17, 15) is 4.39 Å². The number of hydrogen-bond acceptors (Lipinski definition) is 2. The number of aromatic nitrogens is 1. The minimum Gasteiger partial charge on any atom is -0.436 e. The summed E-state index contributed by atoms with van der Waals surface area (Å²) in [4.78, 5) is 3.94. The summed E-state index contributed by atoms with van der Waals surface area (Å²) >= 11 is 3.17. The number of pyridine rings is 1. The first-order chi connectivity index (χ1) is 7.25. The summed E-state index contributed by atoms with van der Waals surface area (Å²) in [7, 11) is 0. The van der Waals surface area contributed by atoms with Crippen molar-refractivity contribution in [1.82, 2.24) is 4.98 Å². The minimum atomic E-state index is -0.421. The molecule has 0 saturated carbocycles. The standard InChI is InChI=1S/C11H7BrFNO/c12-8-4-5-10(9(13)7-8)15-11-3-1-2-6-14-11/h1-7H. The summed E-state index contributed by atoms with van der Waals surface area (Å²) in [5.41, 5.74) is 0. The molecule has 15 heavy (non-hydrogen) atoms. The van der Waals surface area contributed by atoms with E-state index in [1.807, 2.05) is 0 Å². The molecule has 0 N–H and O–H groups in total. The Bertz CT molecular complexity index is 461. The van der Waals surface area contributed by atoms with Gasteiger partial charge in [-0.3, -0.25) is 0 Å². The highest BCUT2D eigenvalue weighted by atomic mass is 79.9. The van der Waals surface area contributed by atoms with Crippen LogP contribution in [0.25, 0.3) is 0 Å². The predicted molar refractivity (Wildman–Crippen MR) is 58.4 cm³/mol. The third-order valence-corrected chi connectivity index (χ3v) is 2.24. The van der Waals surface area contributed by atoms with E-state index in [1.165, 1.54) is 6.07 Å². The Kier molecular flexibility index (Phi) is 2.97. The maximum Gasteiger partial charge on any atom is 0.219 e. The van der Waals surface area contributed by atoms with Crippen molar-refractivity contribution in [2.75, 3.05) is 0 Å². The maximum atomic E-state index is 13.4. The fourth-order valence-corrected chi connectivity index (χ4v) is 1.41. The molecule has 0 saturated heterocycles. The SMILES string of the molecule is Fc1cc(Br)ccc1Oc1ccccn1. The van der Waals surface area contributed by atoms with Gasteiger partial charge >= 0.3 is 0 Å². The zero-order chi connectivity index (χ0) is 10.7. The second-order valence-electron chi connectivity index (χ2n) is 2.84. The van der Waals surface area contributed by atoms with Gasteiger partial charge in [0.25, 0.3) is 0 Å². The number of nitrogens with zero attached hydrogens (tertiary/aromatic N) is 1. The van der Waals surface area contributed by atoms with Crippen LogP contribution in [0.3, 0.4) is 0 Å². The van der Waals surface area contributed by atoms with Crippen molar-refractivity contribution in [2.24, 2.45) is 0 Å². The Labute approximate surface area is 94.9 Å². The quantitative estimate of drug-likeness (QED) is 0.826. The van der Waals surface area contributed by atoms with Crippen LogP contribution in [-0.4, -0.2) is 4.98 Å². The lowest BCUT2D eigenvalue weighted by molar-refractivity contribution is 0.427. The molecule has 1 heterocycles. The lowest BCUT2D eigenvalue weighted by Gasteiger charge is -2.05. The van der Waals surface area contributed by atoms with Crippen molar-refractivity contribution in [3.05, 3.63) is 52.9 Å². The molecular formula is C11H7BrFNO. The summed E-state index contributed by atoms with van der Waals surface area (Å²) < 4.78 is 19.3. The topological polar surface area (TPSA) is 22.1 Å². The summed E-state index contributed by atoms with van der Waals surface area (Å²) in [6.45, 7) is 0. The van der Waals surface area contributed by atoms with E-state index >= 15 is 0 Å². The molecule has 0 fully saturated rings. The van der Waals surface area contributed by atoms with E-state index in [1.54, 1.807) is 36.5 Å². The van der Waals surface area contributed by atoms with Gasteiger partial charge in [-0.1, -0.05) is 22.0 Å². The van der Waals surface area contributed by atoms with Gasteiger partial charge in [0.2, 0.25) is 5.88 Å². The van der Waals surface area contributed by atoms with Crippen LogP contribution in [-0.2, 0) is 0 Å². The molecule has 1 aromatic carbocycles. The smallest absolute Gasteiger partial charge is 0.219 e. The average Bonchev–Trinajstić information content (AvgIpc) is 2.24. The molecule has 76 valence electrons. The second-order valence-corrected chi connectivity index (χ2v) is 3.76. The number of halogens is 2. The van der Waals surface area contributed by atoms with Crippen molar-refractivity contribution in [3.8, 4) is 11.6 Å². The maximum absolute atomic E-state index is 13.4. The fourth-order valence-electron chi connectivity index (χ4n) is 1.08. The van der Waals surface area contributed by atoms with Crippen LogP contribution in [0.1, 0.15) is 0 Å². The molecule has 0 spiro atoms. The number of hydrogen-bond donors (Lipinski definition) is 0. The monoisotopic (exact) mass is 267 g/mol. The van der Waals surface area contributed by atoms with E-state index in [2.05, 4.69) is 20.9 Å². The van der Waals surface area contributed by atoms with Crippen molar-refractivity contribution >= 4 is 15.9 Å². The van der Waals surface area contributed by atoms with Gasteiger partial charge in [-0.15, -0.1) is 0 Å². The highest BCUT2D eigenvalue weighted by molar-refractivity contribution is 9.10. The first-order valence-corrected chi connectivity index (χ1v) is 5.09. The van der Waals surface area contributed by atoms with Gasteiger partial charge in [0.1, 0.15) is 0 Å². The Balaban J connectivity index is 2.25. The summed E-state index contributed by atoms with van der Waals surface area (Å²) in [6, 6.07) is 9.82. The Morgan fingerprint density at radius 2 is 2.07 bits per heavy atom. The van der Waals surface area contributed by atoms with Crippen molar-refractivity contribution in [1.29, 1.82) is 0 Å². The third-order valence-electron chi connectivity index (χ3n) is 1.75. The van der Waals surface area contributed by atoms with Gasteiger partial charge in [0.15, 0.2) is 11.6 Å². The van der Waals surface area contributed by atoms with Crippen LogP contribution >= 0.6 is 15.9 Å². The second kappa shape index (κ2) is 4.40. The molecule has 4 heteroatoms. The molecule has 0 bridgehead atoms. The predicted octanol–water partition coefficient (Wildman–Crippen LogP) is 3.78. The van der Waals surface area contributed by atoms with Gasteiger partial charge < -0.3 is 4.74 Å². The average molecular weight is 268 g/mol. The first kappa shape index (κ1) is 10.1. The van der Waals surface area contributed by atoms with Gasteiger partial charge in [-0.2, -0.15) is 0 Å². The van der Waals surface area contributed by atoms with Gasteiger partial charge in [-0.25, -0.2) is 9.37 Å². The molecule has 0 atom stereocenters. The molecule has 0 aliphatic heterocycles. The molecule has 1 aromatic heterocycles. The molecule has 2 nitrogen and oxygen atoms in total. The molecule has 2 aromatic rings. The molecule has 0 unspecified atom stereocenters. The van der Waals surface area contributed by atoms with E-state index < -0.39 is 5.82 Å². The normalized spacial score (nSPS) is 10.0. The number of ether oxygens (including phenoxy) is 1. The van der Waals surface area contributed by atoms with Crippen LogP contribution in [0.2, 0.25) is 0 Å². The Hall–Kier alpha value is -1.42. The van der Waals surface area contributed by atoms with E-state index in [0.29, 0.717) is 10.4 Å². The molecular weight excluding hydrogens is 261 g/mol. The van der Waals surface area contributed by atoms with Crippen molar-refractivity contribution in [3.63, 3.8) is 0 Å². The largest absolute Gasteiger partial charge is 0.436 e. The zero-order valence-corrected chi connectivity index (χ0v) is 9.24. The minimum absolute atomic E-state index is 0.164. The lowest BCUT2D eigenvalue weighted by atomic mass is 10.3. The molecule has 0 radical (unpaired) electrons. The van der Waals surface area contributed by atoms with E-state index in [-0.39, 0.29) is 5.75 Å². The first-order valence-electron chi connectivity index (χ1n) is 4.29. The molecule has 0 amide bonds.